The van der Waals surface area contributed by atoms with Crippen LogP contribution in [0.25, 0.3) is 0 Å². The molecule has 0 spiro atoms. The van der Waals surface area contributed by atoms with Gasteiger partial charge in [0.2, 0.25) is 0 Å². The van der Waals surface area contributed by atoms with Crippen molar-refractivity contribution in [2.45, 2.75) is 25.7 Å². The van der Waals surface area contributed by atoms with E-state index in [9.17, 15) is 10.2 Å². The van der Waals surface area contributed by atoms with Gasteiger partial charge in [-0.15, -0.1) is 0 Å². The van der Waals surface area contributed by atoms with Gasteiger partial charge < -0.3 is 25.5 Å². The second-order valence-electron chi connectivity index (χ2n) is 4.67. The number of hydrogen-bond acceptors (Lipinski definition) is 5. The lowest BCUT2D eigenvalue weighted by Gasteiger charge is -2.23. The quantitative estimate of drug-likeness (QED) is 0.336. The topological polar surface area (TPSA) is 101 Å². The largest absolute Gasteiger partial charge is 0.396 e. The first kappa shape index (κ1) is 16.8. The predicted molar refractivity (Wildman–Crippen MR) is 64.4 cm³/mol. The van der Waals surface area contributed by atoms with E-state index in [1.807, 2.05) is 0 Å². The fourth-order valence-electron chi connectivity index (χ4n) is 2.06. The molecule has 0 radical (unpaired) electrons. The average Bonchev–Trinajstić information content (AvgIpc) is 2.38. The Labute approximate surface area is 103 Å². The minimum atomic E-state index is -0.204. The molecule has 0 aliphatic rings. The Morgan fingerprint density at radius 3 is 1.47 bits per heavy atom. The van der Waals surface area contributed by atoms with Gasteiger partial charge in [-0.3, -0.25) is 0 Å². The Bertz CT molecular complexity index is 161. The molecule has 5 nitrogen and oxygen atoms in total. The highest BCUT2D eigenvalue weighted by Gasteiger charge is 2.19. The highest BCUT2D eigenvalue weighted by atomic mass is 16.3. The zero-order valence-corrected chi connectivity index (χ0v) is 10.3. The third-order valence-electron chi connectivity index (χ3n) is 3.14. The molecular weight excluding hydrogens is 224 g/mol. The molecule has 17 heavy (non-hydrogen) atoms. The molecule has 0 aliphatic carbocycles. The lowest BCUT2D eigenvalue weighted by Crippen LogP contribution is -2.22. The van der Waals surface area contributed by atoms with Gasteiger partial charge in [0.25, 0.3) is 0 Å². The van der Waals surface area contributed by atoms with Gasteiger partial charge in [-0.25, -0.2) is 0 Å². The van der Waals surface area contributed by atoms with E-state index in [0.29, 0.717) is 19.3 Å². The number of aliphatic hydroxyl groups is 5. The van der Waals surface area contributed by atoms with Crippen LogP contribution in [0.4, 0.5) is 0 Å². The van der Waals surface area contributed by atoms with Crippen LogP contribution < -0.4 is 0 Å². The maximum absolute atomic E-state index is 9.24. The zero-order chi connectivity index (χ0) is 13.1. The summed E-state index contributed by atoms with van der Waals surface area (Å²) in [5, 5.41) is 45.1. The second-order valence-corrected chi connectivity index (χ2v) is 4.67. The summed E-state index contributed by atoms with van der Waals surface area (Å²) in [6, 6.07) is 0. The van der Waals surface area contributed by atoms with E-state index in [4.69, 9.17) is 15.3 Å². The molecule has 2 atom stereocenters. The number of rotatable bonds is 11. The standard InChI is InChI=1S/C12H26O5/c13-3-1-2-10(6-14)4-11(7-15)5-12(8-16)9-17/h10-17H,1-9H2. The maximum atomic E-state index is 9.24. The van der Waals surface area contributed by atoms with Crippen molar-refractivity contribution in [3.8, 4) is 0 Å². The monoisotopic (exact) mass is 250 g/mol. The van der Waals surface area contributed by atoms with Crippen molar-refractivity contribution < 1.29 is 25.5 Å². The van der Waals surface area contributed by atoms with Crippen LogP contribution >= 0.6 is 0 Å². The van der Waals surface area contributed by atoms with Crippen LogP contribution in [0.2, 0.25) is 0 Å². The molecule has 0 aliphatic heterocycles. The van der Waals surface area contributed by atoms with Crippen LogP contribution in [-0.2, 0) is 0 Å². The van der Waals surface area contributed by atoms with Gasteiger partial charge in [0.15, 0.2) is 0 Å². The van der Waals surface area contributed by atoms with Gasteiger partial charge in [-0.05, 0) is 37.5 Å². The maximum Gasteiger partial charge on any atom is 0.0481 e. The van der Waals surface area contributed by atoms with Gasteiger partial charge in [0.1, 0.15) is 0 Å². The van der Waals surface area contributed by atoms with Crippen molar-refractivity contribution in [3.63, 3.8) is 0 Å². The fourth-order valence-corrected chi connectivity index (χ4v) is 2.06. The van der Waals surface area contributed by atoms with E-state index in [-0.39, 0.29) is 50.8 Å². The van der Waals surface area contributed by atoms with Gasteiger partial charge in [-0.2, -0.15) is 0 Å². The molecule has 0 aromatic rings. The average molecular weight is 250 g/mol. The summed E-state index contributed by atoms with van der Waals surface area (Å²) in [7, 11) is 0. The normalized spacial score (nSPS) is 15.2. The van der Waals surface area contributed by atoms with Gasteiger partial charge in [0.05, 0.1) is 0 Å². The van der Waals surface area contributed by atoms with Crippen molar-refractivity contribution in [1.29, 1.82) is 0 Å². The second kappa shape index (κ2) is 10.9. The molecule has 0 rings (SSSR count). The molecule has 0 aromatic heterocycles. The molecule has 104 valence electrons. The van der Waals surface area contributed by atoms with Crippen molar-refractivity contribution in [3.05, 3.63) is 0 Å². The highest BCUT2D eigenvalue weighted by molar-refractivity contribution is 4.69. The number of aliphatic hydroxyl groups excluding tert-OH is 5. The molecule has 5 N–H and O–H groups in total. The first-order valence-corrected chi connectivity index (χ1v) is 6.26. The lowest BCUT2D eigenvalue weighted by atomic mass is 9.86. The lowest BCUT2D eigenvalue weighted by molar-refractivity contribution is 0.0933. The molecular formula is C12H26O5. The van der Waals surface area contributed by atoms with E-state index in [2.05, 4.69) is 0 Å². The van der Waals surface area contributed by atoms with E-state index in [0.717, 1.165) is 6.42 Å². The molecule has 0 aromatic carbocycles. The Balaban J connectivity index is 4.06. The van der Waals surface area contributed by atoms with Crippen LogP contribution in [-0.4, -0.2) is 58.6 Å². The van der Waals surface area contributed by atoms with Crippen LogP contribution in [0.1, 0.15) is 25.7 Å². The van der Waals surface area contributed by atoms with Crippen LogP contribution in [0.3, 0.4) is 0 Å². The van der Waals surface area contributed by atoms with Crippen molar-refractivity contribution in [2.75, 3.05) is 33.0 Å². The molecule has 0 bridgehead atoms. The molecule has 0 saturated heterocycles. The summed E-state index contributed by atoms with van der Waals surface area (Å²) < 4.78 is 0. The molecule has 0 amide bonds. The summed E-state index contributed by atoms with van der Waals surface area (Å²) in [5.41, 5.74) is 0. The van der Waals surface area contributed by atoms with Gasteiger partial charge in [-0.1, -0.05) is 0 Å². The summed E-state index contributed by atoms with van der Waals surface area (Å²) in [6.45, 7) is -0.0391. The van der Waals surface area contributed by atoms with Crippen molar-refractivity contribution >= 4 is 0 Å². The minimum absolute atomic E-state index is 0.00781. The smallest absolute Gasteiger partial charge is 0.0481 e. The molecule has 0 heterocycles. The first-order valence-electron chi connectivity index (χ1n) is 6.26. The molecule has 0 fully saturated rings. The SMILES string of the molecule is OCCCC(CO)CC(CO)CC(CO)CO. The molecule has 2 unspecified atom stereocenters. The summed E-state index contributed by atoms with van der Waals surface area (Å²) in [4.78, 5) is 0. The Morgan fingerprint density at radius 2 is 1.06 bits per heavy atom. The third-order valence-corrected chi connectivity index (χ3v) is 3.14. The van der Waals surface area contributed by atoms with Gasteiger partial charge in [0, 0.05) is 39.0 Å². The van der Waals surface area contributed by atoms with Crippen LogP contribution in [0.15, 0.2) is 0 Å². The van der Waals surface area contributed by atoms with Crippen LogP contribution in [0, 0.1) is 17.8 Å². The Kier molecular flexibility index (Phi) is 10.8. The first-order chi connectivity index (χ1) is 8.21. The van der Waals surface area contributed by atoms with Gasteiger partial charge >= 0.3 is 0 Å². The fraction of sp³-hybridized carbons (Fsp3) is 1.00. The summed E-state index contributed by atoms with van der Waals surface area (Å²) in [6.07, 6.45) is 2.59. The van der Waals surface area contributed by atoms with E-state index < -0.39 is 0 Å². The van der Waals surface area contributed by atoms with Crippen LogP contribution in [0.5, 0.6) is 0 Å². The van der Waals surface area contributed by atoms with E-state index >= 15 is 0 Å². The van der Waals surface area contributed by atoms with E-state index in [1.165, 1.54) is 0 Å². The highest BCUT2D eigenvalue weighted by Crippen LogP contribution is 2.22. The zero-order valence-electron chi connectivity index (χ0n) is 10.3. The third kappa shape index (κ3) is 7.68. The van der Waals surface area contributed by atoms with Crippen molar-refractivity contribution in [2.24, 2.45) is 17.8 Å². The predicted octanol–water partition coefficient (Wildman–Crippen LogP) is -0.643. The minimum Gasteiger partial charge on any atom is -0.396 e. The number of hydrogen-bond donors (Lipinski definition) is 5. The molecule has 0 saturated carbocycles. The summed E-state index contributed by atoms with van der Waals surface area (Å²) in [5.74, 6) is -0.156. The van der Waals surface area contributed by atoms with Crippen molar-refractivity contribution in [1.82, 2.24) is 0 Å². The Morgan fingerprint density at radius 1 is 0.588 bits per heavy atom. The summed E-state index contributed by atoms with van der Waals surface area (Å²) >= 11 is 0. The Hall–Kier alpha value is -0.200. The molecule has 5 heteroatoms. The van der Waals surface area contributed by atoms with E-state index in [1.54, 1.807) is 0 Å².